The first-order valence-electron chi connectivity index (χ1n) is 3.00. The molecule has 72 valence electrons. The zero-order chi connectivity index (χ0) is 9.78. The van der Waals surface area contributed by atoms with Crippen molar-refractivity contribution in [2.75, 3.05) is 13.2 Å². The van der Waals surface area contributed by atoms with E-state index in [4.69, 9.17) is 10.2 Å². The number of aliphatic hydroxyl groups excluding tert-OH is 1. The van der Waals surface area contributed by atoms with E-state index in [9.17, 15) is 18.0 Å². The van der Waals surface area contributed by atoms with Crippen molar-refractivity contribution >= 4 is 5.97 Å². The summed E-state index contributed by atoms with van der Waals surface area (Å²) in [5, 5.41) is 18.1. The highest BCUT2D eigenvalue weighted by atomic mass is 19.4. The second-order valence-corrected chi connectivity index (χ2v) is 2.07. The summed E-state index contributed by atoms with van der Waals surface area (Å²) in [6, 6.07) is -1.56. The fraction of sp³-hybridized carbons (Fsp3) is 0.800. The molecule has 0 fully saturated rings. The maximum Gasteiger partial charge on any atom is 0.401 e. The molecule has 3 N–H and O–H groups in total. The highest BCUT2D eigenvalue weighted by Crippen LogP contribution is 2.12. The summed E-state index contributed by atoms with van der Waals surface area (Å²) < 4.78 is 34.4. The Bertz CT molecular complexity index is 159. The normalized spacial score (nSPS) is 14.3. The van der Waals surface area contributed by atoms with Crippen LogP contribution < -0.4 is 5.32 Å². The van der Waals surface area contributed by atoms with Crippen LogP contribution in [0.1, 0.15) is 0 Å². The second-order valence-electron chi connectivity index (χ2n) is 2.07. The predicted octanol–water partition coefficient (Wildman–Crippen LogP) is -0.416. The molecular formula is C5H8F3NO3. The average molecular weight is 187 g/mol. The highest BCUT2D eigenvalue weighted by molar-refractivity contribution is 5.73. The van der Waals surface area contributed by atoms with Gasteiger partial charge in [-0.3, -0.25) is 10.1 Å². The van der Waals surface area contributed by atoms with Gasteiger partial charge in [-0.05, 0) is 0 Å². The number of carboxylic acid groups (broad SMARTS) is 1. The lowest BCUT2D eigenvalue weighted by molar-refractivity contribution is -0.144. The molecule has 1 atom stereocenters. The van der Waals surface area contributed by atoms with Gasteiger partial charge in [-0.25, -0.2) is 0 Å². The van der Waals surface area contributed by atoms with E-state index in [1.54, 1.807) is 5.32 Å². The summed E-state index contributed by atoms with van der Waals surface area (Å²) in [5.74, 6) is -1.51. The molecule has 0 heterocycles. The van der Waals surface area contributed by atoms with Gasteiger partial charge < -0.3 is 10.2 Å². The number of nitrogens with one attached hydrogen (secondary N) is 1. The second kappa shape index (κ2) is 4.27. The maximum absolute atomic E-state index is 11.5. The van der Waals surface area contributed by atoms with E-state index in [0.29, 0.717) is 0 Å². The molecule has 0 aliphatic heterocycles. The highest BCUT2D eigenvalue weighted by Gasteiger charge is 2.29. The van der Waals surface area contributed by atoms with Crippen molar-refractivity contribution in [3.05, 3.63) is 0 Å². The molecule has 0 aromatic rings. The van der Waals surface area contributed by atoms with Gasteiger partial charge in [0.25, 0.3) is 0 Å². The fourth-order valence-corrected chi connectivity index (χ4v) is 0.469. The van der Waals surface area contributed by atoms with Crippen molar-refractivity contribution < 1.29 is 28.2 Å². The SMILES string of the molecule is O=C(O)C(CO)NCC(F)(F)F. The Morgan fingerprint density at radius 2 is 2.00 bits per heavy atom. The summed E-state index contributed by atoms with van der Waals surface area (Å²) >= 11 is 0. The van der Waals surface area contributed by atoms with E-state index < -0.39 is 31.3 Å². The van der Waals surface area contributed by atoms with Gasteiger partial charge in [0.2, 0.25) is 0 Å². The third kappa shape index (κ3) is 4.91. The van der Waals surface area contributed by atoms with Gasteiger partial charge in [-0.2, -0.15) is 13.2 Å². The average Bonchev–Trinajstić information content (AvgIpc) is 1.85. The Labute approximate surface area is 66.0 Å². The summed E-state index contributed by atoms with van der Waals surface area (Å²) in [6.45, 7) is -2.30. The number of hydrogen-bond acceptors (Lipinski definition) is 3. The summed E-state index contributed by atoms with van der Waals surface area (Å²) in [5.41, 5.74) is 0. The minimum atomic E-state index is -4.47. The quantitative estimate of drug-likeness (QED) is 0.559. The molecule has 4 nitrogen and oxygen atoms in total. The van der Waals surface area contributed by atoms with Gasteiger partial charge in [0.05, 0.1) is 13.2 Å². The first-order valence-corrected chi connectivity index (χ1v) is 3.00. The molecule has 0 aliphatic rings. The lowest BCUT2D eigenvalue weighted by Gasteiger charge is -2.12. The number of hydrogen-bond donors (Lipinski definition) is 3. The van der Waals surface area contributed by atoms with Crippen LogP contribution in [-0.2, 0) is 4.79 Å². The van der Waals surface area contributed by atoms with E-state index in [1.165, 1.54) is 0 Å². The fourth-order valence-electron chi connectivity index (χ4n) is 0.469. The Balaban J connectivity index is 3.81. The zero-order valence-corrected chi connectivity index (χ0v) is 5.93. The number of aliphatic carboxylic acids is 1. The van der Waals surface area contributed by atoms with Gasteiger partial charge >= 0.3 is 12.1 Å². The molecule has 1 unspecified atom stereocenters. The van der Waals surface area contributed by atoms with Crippen molar-refractivity contribution in [2.45, 2.75) is 12.2 Å². The van der Waals surface area contributed by atoms with Crippen molar-refractivity contribution in [2.24, 2.45) is 0 Å². The number of carboxylic acids is 1. The van der Waals surface area contributed by atoms with Crippen LogP contribution in [-0.4, -0.2) is 41.6 Å². The Kier molecular flexibility index (Phi) is 3.98. The Hall–Kier alpha value is -0.820. The molecule has 0 spiro atoms. The standard InChI is InChI=1S/C5H8F3NO3/c6-5(7,8)2-9-3(1-10)4(11)12/h3,9-10H,1-2H2,(H,11,12). The smallest absolute Gasteiger partial charge is 0.401 e. The molecule has 0 aliphatic carbocycles. The first kappa shape index (κ1) is 11.2. The number of alkyl halides is 3. The minimum Gasteiger partial charge on any atom is -0.480 e. The van der Waals surface area contributed by atoms with Crippen LogP contribution in [0.5, 0.6) is 0 Å². The van der Waals surface area contributed by atoms with Crippen LogP contribution in [0.25, 0.3) is 0 Å². The zero-order valence-electron chi connectivity index (χ0n) is 5.93. The summed E-state index contributed by atoms with van der Waals surface area (Å²) in [4.78, 5) is 10.1. The van der Waals surface area contributed by atoms with E-state index in [0.717, 1.165) is 0 Å². The lowest BCUT2D eigenvalue weighted by atomic mass is 10.3. The number of aliphatic hydroxyl groups is 1. The number of rotatable bonds is 4. The molecule has 0 saturated heterocycles. The van der Waals surface area contributed by atoms with E-state index >= 15 is 0 Å². The molecule has 0 aromatic heterocycles. The van der Waals surface area contributed by atoms with Crippen molar-refractivity contribution in [3.8, 4) is 0 Å². The van der Waals surface area contributed by atoms with Crippen LogP contribution in [0.15, 0.2) is 0 Å². The molecule has 0 aromatic carbocycles. The van der Waals surface area contributed by atoms with E-state index in [1.807, 2.05) is 0 Å². The van der Waals surface area contributed by atoms with Crippen molar-refractivity contribution in [1.82, 2.24) is 5.32 Å². The molecule has 0 saturated carbocycles. The first-order chi connectivity index (χ1) is 5.37. The van der Waals surface area contributed by atoms with Crippen LogP contribution in [0, 0.1) is 0 Å². The third-order valence-corrected chi connectivity index (χ3v) is 1.03. The minimum absolute atomic E-state index is 0.870. The molecule has 0 amide bonds. The molecule has 0 bridgehead atoms. The summed E-state index contributed by atoms with van der Waals surface area (Å²) in [7, 11) is 0. The molecule has 7 heteroatoms. The molecule has 12 heavy (non-hydrogen) atoms. The number of carbonyl (C=O) groups is 1. The topological polar surface area (TPSA) is 69.6 Å². The van der Waals surface area contributed by atoms with Crippen LogP contribution in [0.3, 0.4) is 0 Å². The van der Waals surface area contributed by atoms with E-state index in [2.05, 4.69) is 0 Å². The molecule has 0 radical (unpaired) electrons. The van der Waals surface area contributed by atoms with Crippen molar-refractivity contribution in [3.63, 3.8) is 0 Å². The predicted molar refractivity (Wildman–Crippen MR) is 32.6 cm³/mol. The monoisotopic (exact) mass is 187 g/mol. The summed E-state index contributed by atoms with van der Waals surface area (Å²) in [6.07, 6.45) is -4.47. The van der Waals surface area contributed by atoms with Gasteiger partial charge in [-0.15, -0.1) is 0 Å². The van der Waals surface area contributed by atoms with Gasteiger partial charge in [0, 0.05) is 0 Å². The Morgan fingerprint density at radius 1 is 1.50 bits per heavy atom. The van der Waals surface area contributed by atoms with Crippen LogP contribution in [0.2, 0.25) is 0 Å². The third-order valence-electron chi connectivity index (χ3n) is 1.03. The maximum atomic E-state index is 11.5. The van der Waals surface area contributed by atoms with Gasteiger partial charge in [0.15, 0.2) is 0 Å². The van der Waals surface area contributed by atoms with E-state index in [-0.39, 0.29) is 0 Å². The van der Waals surface area contributed by atoms with Crippen LogP contribution in [0.4, 0.5) is 13.2 Å². The number of halogens is 3. The van der Waals surface area contributed by atoms with Crippen LogP contribution >= 0.6 is 0 Å². The van der Waals surface area contributed by atoms with Gasteiger partial charge in [-0.1, -0.05) is 0 Å². The molecular weight excluding hydrogens is 179 g/mol. The largest absolute Gasteiger partial charge is 0.480 e. The Morgan fingerprint density at radius 3 is 2.25 bits per heavy atom. The molecule has 0 rings (SSSR count). The van der Waals surface area contributed by atoms with Gasteiger partial charge in [0.1, 0.15) is 6.04 Å². The lowest BCUT2D eigenvalue weighted by Crippen LogP contribution is -2.44. The van der Waals surface area contributed by atoms with Crippen molar-refractivity contribution in [1.29, 1.82) is 0 Å².